The molecule has 2 unspecified atom stereocenters. The second kappa shape index (κ2) is 12.7. The van der Waals surface area contributed by atoms with Gasteiger partial charge in [0.15, 0.2) is 5.96 Å². The van der Waals surface area contributed by atoms with Crippen LogP contribution in [0.3, 0.4) is 0 Å². The molecule has 3 rings (SSSR count). The molecule has 2 aliphatic rings. The van der Waals surface area contributed by atoms with Crippen molar-refractivity contribution >= 4 is 29.9 Å². The zero-order valence-electron chi connectivity index (χ0n) is 18.4. The average molecular weight is 514 g/mol. The summed E-state index contributed by atoms with van der Waals surface area (Å²) in [7, 11) is 1.88. The second-order valence-electron chi connectivity index (χ2n) is 8.57. The van der Waals surface area contributed by atoms with Gasteiger partial charge in [-0.05, 0) is 51.6 Å². The van der Waals surface area contributed by atoms with Gasteiger partial charge < -0.3 is 10.6 Å². The molecule has 2 N–H and O–H groups in total. The van der Waals surface area contributed by atoms with Gasteiger partial charge in [-0.2, -0.15) is 0 Å². The van der Waals surface area contributed by atoms with Crippen molar-refractivity contribution in [3.8, 4) is 0 Å². The third-order valence-corrected chi connectivity index (χ3v) is 6.39. The Morgan fingerprint density at radius 1 is 1.10 bits per heavy atom. The molecular formula is C23H40IN5. The summed E-state index contributed by atoms with van der Waals surface area (Å²) >= 11 is 0. The maximum atomic E-state index is 4.47. The van der Waals surface area contributed by atoms with E-state index >= 15 is 0 Å². The first-order valence-corrected chi connectivity index (χ1v) is 11.1. The highest BCUT2D eigenvalue weighted by molar-refractivity contribution is 14.0. The molecule has 164 valence electrons. The van der Waals surface area contributed by atoms with E-state index in [0.717, 1.165) is 32.1 Å². The van der Waals surface area contributed by atoms with Gasteiger partial charge in [-0.3, -0.25) is 14.8 Å². The van der Waals surface area contributed by atoms with Gasteiger partial charge in [-0.25, -0.2) is 0 Å². The second-order valence-corrected chi connectivity index (χ2v) is 8.57. The monoisotopic (exact) mass is 513 g/mol. The summed E-state index contributed by atoms with van der Waals surface area (Å²) in [6, 6.07) is 12.6. The fraction of sp³-hybridized carbons (Fsp3) is 0.696. The largest absolute Gasteiger partial charge is 0.355 e. The molecule has 1 aromatic carbocycles. The molecule has 0 amide bonds. The Bertz CT molecular complexity index is 601. The third kappa shape index (κ3) is 7.72. The van der Waals surface area contributed by atoms with Crippen LogP contribution in [0, 0.1) is 0 Å². The number of hydrogen-bond donors (Lipinski definition) is 2. The molecule has 6 heteroatoms. The van der Waals surface area contributed by atoms with Crippen LogP contribution in [0.4, 0.5) is 0 Å². The Hall–Kier alpha value is -0.860. The van der Waals surface area contributed by atoms with E-state index in [1.165, 1.54) is 44.2 Å². The standard InChI is InChI=1S/C23H39N5.HI/c1-19-9-7-8-14-28(19)20(2)17-25-23(24-3)26-22-12-15-27(16-13-22)18-21-10-5-4-6-11-21;/h4-6,10-11,19-20,22H,7-9,12-18H2,1-3H3,(H2,24,25,26);1H. The van der Waals surface area contributed by atoms with Gasteiger partial charge in [0.1, 0.15) is 0 Å². The van der Waals surface area contributed by atoms with Crippen molar-refractivity contribution in [2.75, 3.05) is 33.2 Å². The van der Waals surface area contributed by atoms with Crippen molar-refractivity contribution in [1.29, 1.82) is 0 Å². The lowest BCUT2D eigenvalue weighted by atomic mass is 10.0. The topological polar surface area (TPSA) is 42.9 Å². The van der Waals surface area contributed by atoms with E-state index in [1.54, 1.807) is 0 Å². The number of hydrogen-bond acceptors (Lipinski definition) is 3. The first kappa shape index (κ1) is 24.4. The number of nitrogens with zero attached hydrogens (tertiary/aromatic N) is 3. The molecule has 2 heterocycles. The van der Waals surface area contributed by atoms with Crippen LogP contribution in [0.5, 0.6) is 0 Å². The van der Waals surface area contributed by atoms with Gasteiger partial charge in [-0.15, -0.1) is 24.0 Å². The number of aliphatic imine (C=N–C) groups is 1. The zero-order valence-corrected chi connectivity index (χ0v) is 20.8. The summed E-state index contributed by atoms with van der Waals surface area (Å²) in [4.78, 5) is 9.67. The van der Waals surface area contributed by atoms with E-state index in [1.807, 2.05) is 7.05 Å². The summed E-state index contributed by atoms with van der Waals surface area (Å²) in [6.07, 6.45) is 6.39. The highest BCUT2D eigenvalue weighted by Crippen LogP contribution is 2.18. The van der Waals surface area contributed by atoms with Gasteiger partial charge in [0.05, 0.1) is 0 Å². The molecule has 2 atom stereocenters. The minimum Gasteiger partial charge on any atom is -0.355 e. The van der Waals surface area contributed by atoms with Gasteiger partial charge in [0.2, 0.25) is 0 Å². The molecule has 5 nitrogen and oxygen atoms in total. The summed E-state index contributed by atoms with van der Waals surface area (Å²) < 4.78 is 0. The fourth-order valence-corrected chi connectivity index (χ4v) is 4.60. The zero-order chi connectivity index (χ0) is 19.8. The number of benzene rings is 1. The van der Waals surface area contributed by atoms with Crippen LogP contribution >= 0.6 is 24.0 Å². The molecule has 0 spiro atoms. The molecule has 2 aliphatic heterocycles. The lowest BCUT2D eigenvalue weighted by Gasteiger charge is -2.38. The number of likely N-dealkylation sites (tertiary alicyclic amines) is 2. The number of guanidine groups is 1. The number of nitrogens with one attached hydrogen (secondary N) is 2. The van der Waals surface area contributed by atoms with Gasteiger partial charge in [0, 0.05) is 51.4 Å². The molecule has 0 aromatic heterocycles. The lowest BCUT2D eigenvalue weighted by Crippen LogP contribution is -2.52. The smallest absolute Gasteiger partial charge is 0.191 e. The van der Waals surface area contributed by atoms with Gasteiger partial charge >= 0.3 is 0 Å². The van der Waals surface area contributed by atoms with Crippen LogP contribution in [-0.4, -0.2) is 67.1 Å². The predicted molar refractivity (Wildman–Crippen MR) is 134 cm³/mol. The van der Waals surface area contributed by atoms with E-state index in [2.05, 4.69) is 69.6 Å². The van der Waals surface area contributed by atoms with E-state index in [4.69, 9.17) is 0 Å². The SMILES string of the molecule is CN=C(NCC(C)N1CCCCC1C)NC1CCN(Cc2ccccc2)CC1.I. The van der Waals surface area contributed by atoms with Crippen LogP contribution in [-0.2, 0) is 6.54 Å². The summed E-state index contributed by atoms with van der Waals surface area (Å²) in [5.74, 6) is 0.957. The Morgan fingerprint density at radius 3 is 2.48 bits per heavy atom. The molecule has 2 saturated heterocycles. The van der Waals surface area contributed by atoms with Crippen LogP contribution < -0.4 is 10.6 Å². The van der Waals surface area contributed by atoms with Crippen molar-refractivity contribution in [2.24, 2.45) is 4.99 Å². The van der Waals surface area contributed by atoms with Gasteiger partial charge in [0.25, 0.3) is 0 Å². The first-order chi connectivity index (χ1) is 13.7. The highest BCUT2D eigenvalue weighted by Gasteiger charge is 2.24. The highest BCUT2D eigenvalue weighted by atomic mass is 127. The maximum absolute atomic E-state index is 4.47. The Morgan fingerprint density at radius 2 is 1.83 bits per heavy atom. The Kier molecular flexibility index (Phi) is 10.7. The molecule has 1 aromatic rings. The Balaban J connectivity index is 0.00000300. The maximum Gasteiger partial charge on any atom is 0.191 e. The lowest BCUT2D eigenvalue weighted by molar-refractivity contribution is 0.115. The number of rotatable bonds is 6. The molecule has 0 saturated carbocycles. The average Bonchev–Trinajstić information content (AvgIpc) is 2.73. The molecular weight excluding hydrogens is 473 g/mol. The van der Waals surface area contributed by atoms with Crippen molar-refractivity contribution in [3.05, 3.63) is 35.9 Å². The molecule has 2 fully saturated rings. The first-order valence-electron chi connectivity index (χ1n) is 11.1. The van der Waals surface area contributed by atoms with E-state index in [0.29, 0.717) is 18.1 Å². The van der Waals surface area contributed by atoms with E-state index in [-0.39, 0.29) is 24.0 Å². The van der Waals surface area contributed by atoms with Crippen molar-refractivity contribution < 1.29 is 0 Å². The van der Waals surface area contributed by atoms with Crippen molar-refractivity contribution in [3.63, 3.8) is 0 Å². The molecule has 0 radical (unpaired) electrons. The van der Waals surface area contributed by atoms with Gasteiger partial charge in [-0.1, -0.05) is 36.8 Å². The number of piperidine rings is 2. The third-order valence-electron chi connectivity index (χ3n) is 6.39. The minimum absolute atomic E-state index is 0. The quantitative estimate of drug-likeness (QED) is 0.346. The minimum atomic E-state index is 0. The summed E-state index contributed by atoms with van der Waals surface area (Å²) in [5, 5.41) is 7.22. The van der Waals surface area contributed by atoms with Crippen LogP contribution in [0.15, 0.2) is 35.3 Å². The van der Waals surface area contributed by atoms with Crippen molar-refractivity contribution in [1.82, 2.24) is 20.4 Å². The summed E-state index contributed by atoms with van der Waals surface area (Å²) in [6.45, 7) is 10.2. The van der Waals surface area contributed by atoms with Crippen LogP contribution in [0.25, 0.3) is 0 Å². The molecule has 29 heavy (non-hydrogen) atoms. The van der Waals surface area contributed by atoms with Crippen molar-refractivity contribution in [2.45, 2.75) is 70.6 Å². The fourth-order valence-electron chi connectivity index (χ4n) is 4.60. The van der Waals surface area contributed by atoms with Crippen LogP contribution in [0.1, 0.15) is 51.5 Å². The van der Waals surface area contributed by atoms with Crippen LogP contribution in [0.2, 0.25) is 0 Å². The van der Waals surface area contributed by atoms with E-state index in [9.17, 15) is 0 Å². The Labute approximate surface area is 194 Å². The summed E-state index contributed by atoms with van der Waals surface area (Å²) in [5.41, 5.74) is 1.41. The molecule has 0 aliphatic carbocycles. The normalized spacial score (nSPS) is 23.3. The predicted octanol–water partition coefficient (Wildman–Crippen LogP) is 3.70. The van der Waals surface area contributed by atoms with E-state index < -0.39 is 0 Å². The number of halogens is 1. The molecule has 0 bridgehead atoms.